The van der Waals surface area contributed by atoms with E-state index in [2.05, 4.69) is 9.80 Å². The molecular weight excluding hydrogens is 384 g/mol. The summed E-state index contributed by atoms with van der Waals surface area (Å²) in [6, 6.07) is 3.91. The zero-order chi connectivity index (χ0) is 21.2. The van der Waals surface area contributed by atoms with Gasteiger partial charge >= 0.3 is 0 Å². The smallest absolute Gasteiger partial charge is 0.203 e. The van der Waals surface area contributed by atoms with Gasteiger partial charge in [0.2, 0.25) is 5.75 Å². The first-order chi connectivity index (χ1) is 14.7. The topological polar surface area (TPSA) is 63.6 Å². The first-order valence-electron chi connectivity index (χ1n) is 11.3. The Bertz CT molecular complexity index is 642. The summed E-state index contributed by atoms with van der Waals surface area (Å²) < 4.78 is 22.9. The predicted molar refractivity (Wildman–Crippen MR) is 117 cm³/mol. The van der Waals surface area contributed by atoms with Crippen LogP contribution in [0.3, 0.4) is 0 Å². The standard InChI is InChI=1S/C23H38N2O5/c1-27-21-16-19-17-22(23(21)28-2)30-15-3-6-20(26)7-11-25-9-4-8-24(12-13-25)10-5-14-29-18-19/h16-17,20,26H,3-15,18H2,1-2H3. The molecule has 1 aromatic carbocycles. The molecule has 3 atom stereocenters. The second-order valence-corrected chi connectivity index (χ2v) is 8.21. The molecule has 3 unspecified atom stereocenters. The molecule has 1 fully saturated rings. The van der Waals surface area contributed by atoms with Crippen molar-refractivity contribution in [1.82, 2.24) is 9.80 Å². The number of benzene rings is 1. The van der Waals surface area contributed by atoms with Crippen LogP contribution in [0.5, 0.6) is 17.2 Å². The quantitative estimate of drug-likeness (QED) is 0.786. The molecule has 2 heterocycles. The lowest BCUT2D eigenvalue weighted by Gasteiger charge is -2.22. The molecule has 0 amide bonds. The fraction of sp³-hybridized carbons (Fsp3) is 0.739. The molecule has 7 nitrogen and oxygen atoms in total. The number of nitrogens with zero attached hydrogens (tertiary/aromatic N) is 2. The van der Waals surface area contributed by atoms with Gasteiger partial charge in [-0.2, -0.15) is 0 Å². The van der Waals surface area contributed by atoms with Crippen LogP contribution in [-0.4, -0.2) is 87.7 Å². The van der Waals surface area contributed by atoms with Crippen LogP contribution in [-0.2, 0) is 11.3 Å². The second-order valence-electron chi connectivity index (χ2n) is 8.21. The fourth-order valence-corrected chi connectivity index (χ4v) is 4.20. The molecule has 0 saturated carbocycles. The van der Waals surface area contributed by atoms with E-state index in [1.54, 1.807) is 14.2 Å². The van der Waals surface area contributed by atoms with Gasteiger partial charge in [0.25, 0.3) is 0 Å². The van der Waals surface area contributed by atoms with Crippen LogP contribution in [0.4, 0.5) is 0 Å². The van der Waals surface area contributed by atoms with E-state index in [4.69, 9.17) is 18.9 Å². The van der Waals surface area contributed by atoms with Crippen LogP contribution in [0.1, 0.15) is 37.7 Å². The number of aliphatic hydroxyl groups excluding tert-OH is 1. The predicted octanol–water partition coefficient (Wildman–Crippen LogP) is 2.54. The highest BCUT2D eigenvalue weighted by atomic mass is 16.5. The molecule has 1 aromatic rings. The molecule has 1 saturated heterocycles. The van der Waals surface area contributed by atoms with E-state index in [9.17, 15) is 5.11 Å². The molecule has 2 aliphatic rings. The zero-order valence-electron chi connectivity index (χ0n) is 18.6. The van der Waals surface area contributed by atoms with Crippen LogP contribution in [0.15, 0.2) is 12.1 Å². The van der Waals surface area contributed by atoms with Crippen LogP contribution in [0.25, 0.3) is 0 Å². The van der Waals surface area contributed by atoms with Crippen molar-refractivity contribution in [3.63, 3.8) is 0 Å². The highest BCUT2D eigenvalue weighted by Gasteiger charge is 2.17. The molecule has 1 N–H and O–H groups in total. The third-order valence-electron chi connectivity index (χ3n) is 5.94. The number of hydrogen-bond acceptors (Lipinski definition) is 7. The number of ether oxygens (including phenoxy) is 4. The Morgan fingerprint density at radius 2 is 1.63 bits per heavy atom. The van der Waals surface area contributed by atoms with Gasteiger partial charge in [-0.25, -0.2) is 0 Å². The van der Waals surface area contributed by atoms with Crippen molar-refractivity contribution in [2.75, 3.05) is 66.7 Å². The molecule has 0 aromatic heterocycles. The maximum atomic E-state index is 10.4. The fourth-order valence-electron chi connectivity index (χ4n) is 4.20. The van der Waals surface area contributed by atoms with Crippen molar-refractivity contribution in [3.8, 4) is 17.2 Å². The van der Waals surface area contributed by atoms with Crippen LogP contribution < -0.4 is 14.2 Å². The third kappa shape index (κ3) is 7.01. The number of fused-ring (bicyclic) bond motifs is 5. The van der Waals surface area contributed by atoms with Crippen LogP contribution in [0, 0.1) is 0 Å². The van der Waals surface area contributed by atoms with Gasteiger partial charge in [-0.3, -0.25) is 0 Å². The lowest BCUT2D eigenvalue weighted by atomic mass is 10.1. The molecule has 2 aliphatic heterocycles. The third-order valence-corrected chi connectivity index (χ3v) is 5.94. The largest absolute Gasteiger partial charge is 0.493 e. The summed E-state index contributed by atoms with van der Waals surface area (Å²) in [4.78, 5) is 5.03. The summed E-state index contributed by atoms with van der Waals surface area (Å²) in [6.07, 6.45) is 4.28. The Morgan fingerprint density at radius 1 is 0.867 bits per heavy atom. The van der Waals surface area contributed by atoms with Crippen molar-refractivity contribution in [2.45, 2.75) is 44.8 Å². The number of aliphatic hydroxyl groups is 1. The van der Waals surface area contributed by atoms with Gasteiger partial charge in [0.15, 0.2) is 11.5 Å². The van der Waals surface area contributed by atoms with E-state index in [0.717, 1.165) is 77.1 Å². The monoisotopic (exact) mass is 422 g/mol. The van der Waals surface area contributed by atoms with Gasteiger partial charge in [-0.05, 0) is 62.9 Å². The Kier molecular flexibility index (Phi) is 9.52. The molecule has 30 heavy (non-hydrogen) atoms. The SMILES string of the molecule is COc1cc2cc(c1OC)OCCCC(O)CCN1CCCN(CCCOC2)CC1. The summed E-state index contributed by atoms with van der Waals surface area (Å²) in [5, 5.41) is 10.4. The lowest BCUT2D eigenvalue weighted by molar-refractivity contribution is 0.108. The van der Waals surface area contributed by atoms with Gasteiger partial charge in [-0.15, -0.1) is 0 Å². The normalized spacial score (nSPS) is 27.1. The van der Waals surface area contributed by atoms with E-state index < -0.39 is 0 Å². The number of methoxy groups -OCH3 is 2. The average Bonchev–Trinajstić information content (AvgIpc) is 2.99. The van der Waals surface area contributed by atoms with Gasteiger partial charge in [-0.1, -0.05) is 0 Å². The number of rotatable bonds is 2. The van der Waals surface area contributed by atoms with E-state index >= 15 is 0 Å². The Hall–Kier alpha value is -1.54. The zero-order valence-corrected chi connectivity index (χ0v) is 18.6. The lowest BCUT2D eigenvalue weighted by Crippen LogP contribution is -2.33. The molecule has 0 aliphatic carbocycles. The number of hydrogen-bond donors (Lipinski definition) is 1. The minimum Gasteiger partial charge on any atom is -0.493 e. The minimum atomic E-state index is -0.286. The van der Waals surface area contributed by atoms with Gasteiger partial charge in [0.1, 0.15) is 0 Å². The second kappa shape index (κ2) is 12.3. The highest BCUT2D eigenvalue weighted by molar-refractivity contribution is 5.53. The molecular formula is C23H38N2O5. The van der Waals surface area contributed by atoms with Crippen molar-refractivity contribution in [2.24, 2.45) is 0 Å². The molecule has 0 spiro atoms. The van der Waals surface area contributed by atoms with Crippen LogP contribution >= 0.6 is 0 Å². The van der Waals surface area contributed by atoms with Gasteiger partial charge in [0, 0.05) is 32.8 Å². The molecule has 0 radical (unpaired) electrons. The highest BCUT2D eigenvalue weighted by Crippen LogP contribution is 2.38. The molecule has 4 bridgehead atoms. The molecule has 170 valence electrons. The summed E-state index contributed by atoms with van der Waals surface area (Å²) in [6.45, 7) is 8.27. The summed E-state index contributed by atoms with van der Waals surface area (Å²) in [5.41, 5.74) is 1.01. The van der Waals surface area contributed by atoms with Crippen LogP contribution in [0.2, 0.25) is 0 Å². The van der Waals surface area contributed by atoms with E-state index in [1.165, 1.54) is 6.42 Å². The molecule has 7 heteroatoms. The van der Waals surface area contributed by atoms with E-state index in [-0.39, 0.29) is 6.10 Å². The van der Waals surface area contributed by atoms with E-state index in [0.29, 0.717) is 30.5 Å². The maximum absolute atomic E-state index is 10.4. The maximum Gasteiger partial charge on any atom is 0.203 e. The first-order valence-corrected chi connectivity index (χ1v) is 11.3. The first kappa shape index (κ1) is 23.1. The van der Waals surface area contributed by atoms with Crippen molar-refractivity contribution in [1.29, 1.82) is 0 Å². The Labute approximate surface area is 180 Å². The van der Waals surface area contributed by atoms with Crippen molar-refractivity contribution >= 4 is 0 Å². The van der Waals surface area contributed by atoms with Gasteiger partial charge in [0.05, 0.1) is 33.5 Å². The average molecular weight is 423 g/mol. The van der Waals surface area contributed by atoms with Crippen molar-refractivity contribution in [3.05, 3.63) is 17.7 Å². The summed E-state index contributed by atoms with van der Waals surface area (Å²) in [5.74, 6) is 1.91. The van der Waals surface area contributed by atoms with Gasteiger partial charge < -0.3 is 33.9 Å². The molecule has 3 rings (SSSR count). The van der Waals surface area contributed by atoms with E-state index in [1.807, 2.05) is 12.1 Å². The summed E-state index contributed by atoms with van der Waals surface area (Å²) >= 11 is 0. The Morgan fingerprint density at radius 3 is 2.40 bits per heavy atom. The summed E-state index contributed by atoms with van der Waals surface area (Å²) in [7, 11) is 3.25. The van der Waals surface area contributed by atoms with Crippen molar-refractivity contribution < 1.29 is 24.1 Å². The Balaban J connectivity index is 1.67. The minimum absolute atomic E-state index is 0.286.